The van der Waals surface area contributed by atoms with Gasteiger partial charge in [-0.2, -0.15) is 13.2 Å². The third kappa shape index (κ3) is 14.0. The van der Waals surface area contributed by atoms with Crippen molar-refractivity contribution in [2.45, 2.75) is 25.2 Å². The summed E-state index contributed by atoms with van der Waals surface area (Å²) in [5.41, 5.74) is -0.915. The molecule has 0 saturated carbocycles. The lowest BCUT2D eigenvalue weighted by molar-refractivity contribution is -0.154. The van der Waals surface area contributed by atoms with E-state index in [4.69, 9.17) is 9.47 Å². The van der Waals surface area contributed by atoms with Crippen molar-refractivity contribution in [1.82, 2.24) is 25.8 Å². The van der Waals surface area contributed by atoms with E-state index in [0.29, 0.717) is 23.4 Å². The maximum absolute atomic E-state index is 13.1. The Morgan fingerprint density at radius 1 is 0.608 bits per heavy atom. The first-order chi connectivity index (χ1) is 24.1. The van der Waals surface area contributed by atoms with Gasteiger partial charge in [0.1, 0.15) is 25.7 Å². The number of nitrogens with one attached hydrogen (secondary N) is 4. The van der Waals surface area contributed by atoms with Crippen LogP contribution in [0.5, 0.6) is 0 Å². The number of hydrogen-bond acceptors (Lipinski definition) is 13. The molecule has 0 spiro atoms. The summed E-state index contributed by atoms with van der Waals surface area (Å²) in [6, 6.07) is 5.79. The van der Waals surface area contributed by atoms with Gasteiger partial charge in [0.05, 0.1) is 12.1 Å². The lowest BCUT2D eigenvalue weighted by Gasteiger charge is -2.18. The molecule has 18 nitrogen and oxygen atoms in total. The van der Waals surface area contributed by atoms with Crippen molar-refractivity contribution in [3.63, 3.8) is 0 Å². The molecule has 1 unspecified atom stereocenters. The van der Waals surface area contributed by atoms with Gasteiger partial charge < -0.3 is 44.8 Å². The summed E-state index contributed by atoms with van der Waals surface area (Å²) in [7, 11) is 0. The van der Waals surface area contributed by atoms with Gasteiger partial charge in [-0.1, -0.05) is 24.3 Å². The fraction of sp³-hybridized carbons (Fsp3) is 0.367. The highest BCUT2D eigenvalue weighted by Gasteiger charge is 2.31. The van der Waals surface area contributed by atoms with Gasteiger partial charge in [-0.15, -0.1) is 0 Å². The molecule has 4 amide bonds. The van der Waals surface area contributed by atoms with E-state index >= 15 is 0 Å². The predicted molar refractivity (Wildman–Crippen MR) is 160 cm³/mol. The molecule has 2 aromatic rings. The van der Waals surface area contributed by atoms with Gasteiger partial charge in [0.2, 0.25) is 0 Å². The van der Waals surface area contributed by atoms with Gasteiger partial charge in [-0.3, -0.25) is 38.4 Å². The number of nitrogens with zero attached hydrogens (tertiary/aromatic N) is 1. The standard InChI is InChI=1S/C30H30F3N5O13/c31-30(32,33)19-5-6-25(43)38(12-19)11-18-3-1-17(2-4-18)7-20-29(47)51-15-23(41)36-9-27(45)49-13-21(39)34-8-26(44)48-14-22(40)35-10-28(46)50-16-24(42)37-20/h1-6,12,20H,7-11,13-16H2,(H,34,39)(H,35,40)(H,36,41)(H,37,42). The molecule has 3 rings (SSSR count). The van der Waals surface area contributed by atoms with Gasteiger partial charge in [0.25, 0.3) is 29.2 Å². The number of aromatic nitrogens is 1. The maximum Gasteiger partial charge on any atom is 0.417 e. The van der Waals surface area contributed by atoms with Crippen molar-refractivity contribution in [3.05, 3.63) is 69.6 Å². The third-order valence-corrected chi connectivity index (χ3v) is 6.47. The van der Waals surface area contributed by atoms with Gasteiger partial charge in [0, 0.05) is 18.7 Å². The number of amides is 4. The highest BCUT2D eigenvalue weighted by Crippen LogP contribution is 2.28. The summed E-state index contributed by atoms with van der Waals surface area (Å²) >= 11 is 0. The summed E-state index contributed by atoms with van der Waals surface area (Å²) in [6.45, 7) is -5.95. The lowest BCUT2D eigenvalue weighted by Crippen LogP contribution is -2.46. The Balaban J connectivity index is 1.70. The molecule has 0 bridgehead atoms. The molecule has 0 radical (unpaired) electrons. The second-order valence-electron chi connectivity index (χ2n) is 10.4. The summed E-state index contributed by atoms with van der Waals surface area (Å²) in [4.78, 5) is 109. The highest BCUT2D eigenvalue weighted by molar-refractivity contribution is 5.90. The predicted octanol–water partition coefficient (Wildman–Crippen LogP) is -2.52. The average molecular weight is 726 g/mol. The molecule has 1 aromatic carbocycles. The van der Waals surface area contributed by atoms with Gasteiger partial charge in [0.15, 0.2) is 26.4 Å². The fourth-order valence-electron chi connectivity index (χ4n) is 3.96. The summed E-state index contributed by atoms with van der Waals surface area (Å²) in [6.07, 6.45) is -4.27. The van der Waals surface area contributed by atoms with Crippen LogP contribution in [0.2, 0.25) is 0 Å². The number of rotatable bonds is 4. The minimum absolute atomic E-state index is 0.224. The van der Waals surface area contributed by atoms with Crippen LogP contribution >= 0.6 is 0 Å². The van der Waals surface area contributed by atoms with Crippen molar-refractivity contribution in [1.29, 1.82) is 0 Å². The molecule has 1 aliphatic rings. The Morgan fingerprint density at radius 3 is 1.55 bits per heavy atom. The number of cyclic esters (lactones) is 4. The number of hydrogen-bond donors (Lipinski definition) is 4. The molecular formula is C30H30F3N5O13. The molecule has 1 aliphatic heterocycles. The Labute approximate surface area is 284 Å². The van der Waals surface area contributed by atoms with Crippen molar-refractivity contribution in [2.24, 2.45) is 0 Å². The van der Waals surface area contributed by atoms with E-state index in [0.717, 1.165) is 10.6 Å². The zero-order valence-corrected chi connectivity index (χ0v) is 26.4. The molecule has 274 valence electrons. The normalized spacial score (nSPS) is 18.4. The van der Waals surface area contributed by atoms with E-state index in [-0.39, 0.29) is 13.0 Å². The second kappa shape index (κ2) is 18.5. The van der Waals surface area contributed by atoms with Gasteiger partial charge >= 0.3 is 30.1 Å². The van der Waals surface area contributed by atoms with Gasteiger partial charge in [-0.25, -0.2) is 4.79 Å². The lowest BCUT2D eigenvalue weighted by atomic mass is 10.0. The Hall–Kier alpha value is -6.28. The number of esters is 4. The number of halogens is 3. The molecule has 1 atom stereocenters. The van der Waals surface area contributed by atoms with E-state index in [1.54, 1.807) is 0 Å². The molecular weight excluding hydrogens is 695 g/mol. The van der Waals surface area contributed by atoms with Crippen LogP contribution in [0.15, 0.2) is 47.4 Å². The third-order valence-electron chi connectivity index (χ3n) is 6.47. The number of alkyl halides is 3. The van der Waals surface area contributed by atoms with Crippen molar-refractivity contribution >= 4 is 47.5 Å². The molecule has 2 heterocycles. The first kappa shape index (κ1) is 39.2. The first-order valence-corrected chi connectivity index (χ1v) is 14.7. The summed E-state index contributed by atoms with van der Waals surface area (Å²) < 4.78 is 59.2. The van der Waals surface area contributed by atoms with Crippen LogP contribution in [0.4, 0.5) is 13.2 Å². The summed E-state index contributed by atoms with van der Waals surface area (Å²) in [5, 5.41) is 8.49. The SMILES string of the molecule is O=C1COC(=O)CNC(=O)COC(=O)C(Cc2ccc(Cn3cc(C(F)(F)F)ccc3=O)cc2)NC(=O)COC(=O)CNC(=O)COC(=O)CN1. The second-order valence-corrected chi connectivity index (χ2v) is 10.4. The zero-order chi connectivity index (χ0) is 37.6. The van der Waals surface area contributed by atoms with Crippen LogP contribution in [0, 0.1) is 0 Å². The van der Waals surface area contributed by atoms with Crippen LogP contribution in [0.3, 0.4) is 0 Å². The van der Waals surface area contributed by atoms with Crippen molar-refractivity contribution in [2.75, 3.05) is 46.1 Å². The minimum atomic E-state index is -4.67. The molecule has 1 saturated heterocycles. The van der Waals surface area contributed by atoms with Gasteiger partial charge in [-0.05, 0) is 17.2 Å². The number of ether oxygens (including phenoxy) is 4. The van der Waals surface area contributed by atoms with E-state index in [1.165, 1.54) is 24.3 Å². The van der Waals surface area contributed by atoms with Crippen LogP contribution in [-0.2, 0) is 76.4 Å². The molecule has 21 heteroatoms. The van der Waals surface area contributed by atoms with E-state index in [2.05, 4.69) is 30.7 Å². The number of pyridine rings is 1. The molecule has 1 fully saturated rings. The van der Waals surface area contributed by atoms with Crippen molar-refractivity contribution < 1.29 is 70.5 Å². The topological polar surface area (TPSA) is 244 Å². The molecule has 51 heavy (non-hydrogen) atoms. The zero-order valence-electron chi connectivity index (χ0n) is 26.4. The molecule has 1 aromatic heterocycles. The highest BCUT2D eigenvalue weighted by atomic mass is 19.4. The monoisotopic (exact) mass is 725 g/mol. The van der Waals surface area contributed by atoms with E-state index in [9.17, 15) is 56.3 Å². The van der Waals surface area contributed by atoms with E-state index < -0.39 is 117 Å². The van der Waals surface area contributed by atoms with Crippen LogP contribution in [0.25, 0.3) is 0 Å². The van der Waals surface area contributed by atoms with Crippen molar-refractivity contribution in [3.8, 4) is 0 Å². The van der Waals surface area contributed by atoms with Crippen LogP contribution in [0.1, 0.15) is 16.7 Å². The quantitative estimate of drug-likeness (QED) is 0.188. The molecule has 0 aliphatic carbocycles. The van der Waals surface area contributed by atoms with Crippen LogP contribution < -0.4 is 26.8 Å². The largest absolute Gasteiger partial charge is 0.454 e. The number of carbonyl (C=O) groups is 8. The Morgan fingerprint density at radius 2 is 1.06 bits per heavy atom. The average Bonchev–Trinajstić information content (AvgIpc) is 3.08. The number of benzene rings is 1. The maximum atomic E-state index is 13.1. The fourth-order valence-corrected chi connectivity index (χ4v) is 3.96. The Bertz CT molecular complexity index is 1710. The van der Waals surface area contributed by atoms with Crippen LogP contribution in [-0.4, -0.2) is 104 Å². The first-order valence-electron chi connectivity index (χ1n) is 14.7. The minimum Gasteiger partial charge on any atom is -0.454 e. The number of carbonyl (C=O) groups excluding carboxylic acids is 8. The van der Waals surface area contributed by atoms with E-state index in [1.807, 2.05) is 0 Å². The molecule has 4 N–H and O–H groups in total. The Kier molecular flexibility index (Phi) is 14.2. The summed E-state index contributed by atoms with van der Waals surface area (Å²) in [5.74, 6) is -8.18. The smallest absolute Gasteiger partial charge is 0.417 e.